The minimum atomic E-state index is 0.545. The van der Waals surface area contributed by atoms with Gasteiger partial charge in [0.05, 0.1) is 0 Å². The van der Waals surface area contributed by atoms with Gasteiger partial charge in [0.15, 0.2) is 0 Å². The number of nitrogens with two attached hydrogens (primary N) is 1. The minimum absolute atomic E-state index is 0.545. The first-order valence-electron chi connectivity index (χ1n) is 7.10. The molecule has 4 heteroatoms. The van der Waals surface area contributed by atoms with Crippen molar-refractivity contribution in [2.45, 2.75) is 58.4 Å². The van der Waals surface area contributed by atoms with Gasteiger partial charge in [-0.2, -0.15) is 0 Å². The van der Waals surface area contributed by atoms with Crippen molar-refractivity contribution < 1.29 is 0 Å². The van der Waals surface area contributed by atoms with Crippen molar-refractivity contribution in [3.05, 3.63) is 11.9 Å². The van der Waals surface area contributed by atoms with Crippen LogP contribution < -0.4 is 11.1 Å². The van der Waals surface area contributed by atoms with Gasteiger partial charge in [0, 0.05) is 11.6 Å². The zero-order valence-corrected chi connectivity index (χ0v) is 11.4. The first-order valence-corrected chi connectivity index (χ1v) is 7.10. The molecule has 0 spiro atoms. The Labute approximate surface area is 109 Å². The van der Waals surface area contributed by atoms with E-state index in [2.05, 4.69) is 29.1 Å². The predicted octanol–water partition coefficient (Wildman–Crippen LogP) is 3.00. The molecule has 1 heterocycles. The summed E-state index contributed by atoms with van der Waals surface area (Å²) in [6.07, 6.45) is 8.90. The molecule has 1 fully saturated rings. The standard InChI is InChI=1S/C14H24N4/c1-3-10-6-5-7-11(8-10)18-14-12(4-2)13(15)16-9-17-14/h9-11H,3-8H2,1-2H3,(H3,15,16,17,18). The van der Waals surface area contributed by atoms with Crippen molar-refractivity contribution in [3.8, 4) is 0 Å². The van der Waals surface area contributed by atoms with Crippen molar-refractivity contribution in [2.75, 3.05) is 11.1 Å². The lowest BCUT2D eigenvalue weighted by Gasteiger charge is -2.30. The summed E-state index contributed by atoms with van der Waals surface area (Å²) < 4.78 is 0. The largest absolute Gasteiger partial charge is 0.383 e. The molecule has 0 saturated heterocycles. The van der Waals surface area contributed by atoms with Crippen LogP contribution in [0.2, 0.25) is 0 Å². The van der Waals surface area contributed by atoms with Crippen molar-refractivity contribution in [2.24, 2.45) is 5.92 Å². The van der Waals surface area contributed by atoms with Crippen LogP contribution in [0.25, 0.3) is 0 Å². The van der Waals surface area contributed by atoms with Crippen molar-refractivity contribution in [1.29, 1.82) is 0 Å². The fourth-order valence-corrected chi connectivity index (χ4v) is 2.89. The first-order chi connectivity index (χ1) is 8.74. The zero-order valence-electron chi connectivity index (χ0n) is 11.4. The molecular formula is C14H24N4. The Morgan fingerprint density at radius 2 is 2.17 bits per heavy atom. The Bertz CT molecular complexity index is 391. The molecule has 100 valence electrons. The summed E-state index contributed by atoms with van der Waals surface area (Å²) in [4.78, 5) is 8.41. The molecule has 2 atom stereocenters. The molecule has 1 aromatic heterocycles. The number of nitrogens with one attached hydrogen (secondary N) is 1. The Morgan fingerprint density at radius 1 is 1.33 bits per heavy atom. The second-order valence-corrected chi connectivity index (χ2v) is 5.22. The van der Waals surface area contributed by atoms with Crippen LogP contribution >= 0.6 is 0 Å². The fourth-order valence-electron chi connectivity index (χ4n) is 2.89. The summed E-state index contributed by atoms with van der Waals surface area (Å²) in [6, 6.07) is 0.545. The van der Waals surface area contributed by atoms with Gasteiger partial charge in [-0.15, -0.1) is 0 Å². The molecule has 3 N–H and O–H groups in total. The lowest BCUT2D eigenvalue weighted by atomic mass is 9.84. The van der Waals surface area contributed by atoms with Crippen LogP contribution in [-0.4, -0.2) is 16.0 Å². The third-order valence-electron chi connectivity index (χ3n) is 4.03. The molecular weight excluding hydrogens is 224 g/mol. The van der Waals surface area contributed by atoms with Gasteiger partial charge in [-0.1, -0.05) is 33.1 Å². The summed E-state index contributed by atoms with van der Waals surface area (Å²) in [5, 5.41) is 3.57. The predicted molar refractivity (Wildman–Crippen MR) is 75.5 cm³/mol. The van der Waals surface area contributed by atoms with Crippen LogP contribution in [0.3, 0.4) is 0 Å². The van der Waals surface area contributed by atoms with Crippen molar-refractivity contribution >= 4 is 11.6 Å². The second-order valence-electron chi connectivity index (χ2n) is 5.22. The number of hydrogen-bond acceptors (Lipinski definition) is 4. The number of nitrogen functional groups attached to an aromatic ring is 1. The molecule has 0 amide bonds. The van der Waals surface area contributed by atoms with Crippen LogP contribution in [0.1, 0.15) is 51.5 Å². The van der Waals surface area contributed by atoms with E-state index in [1.54, 1.807) is 6.33 Å². The van der Waals surface area contributed by atoms with Crippen LogP contribution in [0.5, 0.6) is 0 Å². The molecule has 1 aliphatic carbocycles. The maximum Gasteiger partial charge on any atom is 0.134 e. The van der Waals surface area contributed by atoms with E-state index in [0.717, 1.165) is 23.7 Å². The van der Waals surface area contributed by atoms with E-state index >= 15 is 0 Å². The Hall–Kier alpha value is -1.32. The Morgan fingerprint density at radius 3 is 2.89 bits per heavy atom. The van der Waals surface area contributed by atoms with Gasteiger partial charge in [-0.25, -0.2) is 9.97 Å². The molecule has 1 aliphatic rings. The van der Waals surface area contributed by atoms with E-state index in [1.165, 1.54) is 32.1 Å². The lowest BCUT2D eigenvalue weighted by Crippen LogP contribution is -2.28. The summed E-state index contributed by atoms with van der Waals surface area (Å²) in [7, 11) is 0. The van der Waals surface area contributed by atoms with E-state index in [1.807, 2.05) is 0 Å². The highest BCUT2D eigenvalue weighted by atomic mass is 15.1. The van der Waals surface area contributed by atoms with Gasteiger partial charge >= 0.3 is 0 Å². The number of hydrogen-bond donors (Lipinski definition) is 2. The average Bonchev–Trinajstić information content (AvgIpc) is 2.39. The third-order valence-corrected chi connectivity index (χ3v) is 4.03. The van der Waals surface area contributed by atoms with E-state index in [4.69, 9.17) is 5.73 Å². The van der Waals surface area contributed by atoms with Gasteiger partial charge in [-0.3, -0.25) is 0 Å². The lowest BCUT2D eigenvalue weighted by molar-refractivity contribution is 0.327. The Balaban J connectivity index is 2.07. The monoisotopic (exact) mass is 248 g/mol. The summed E-state index contributed by atoms with van der Waals surface area (Å²) in [6.45, 7) is 4.38. The van der Waals surface area contributed by atoms with Crippen molar-refractivity contribution in [1.82, 2.24) is 9.97 Å². The highest BCUT2D eigenvalue weighted by Gasteiger charge is 2.21. The normalized spacial score (nSPS) is 23.9. The van der Waals surface area contributed by atoms with E-state index in [-0.39, 0.29) is 0 Å². The SMILES string of the molecule is CCc1c(N)ncnc1NC1CCCC(CC)C1. The average molecular weight is 248 g/mol. The van der Waals surface area contributed by atoms with Gasteiger partial charge in [-0.05, 0) is 25.2 Å². The topological polar surface area (TPSA) is 63.8 Å². The minimum Gasteiger partial charge on any atom is -0.383 e. The van der Waals surface area contributed by atoms with Gasteiger partial charge in [0.2, 0.25) is 0 Å². The van der Waals surface area contributed by atoms with Crippen molar-refractivity contribution in [3.63, 3.8) is 0 Å². The first kappa shape index (κ1) is 13.1. The quantitative estimate of drug-likeness (QED) is 0.859. The van der Waals surface area contributed by atoms with Gasteiger partial charge in [0.1, 0.15) is 18.0 Å². The van der Waals surface area contributed by atoms with Gasteiger partial charge in [0.25, 0.3) is 0 Å². The molecule has 1 aromatic rings. The summed E-state index contributed by atoms with van der Waals surface area (Å²) >= 11 is 0. The summed E-state index contributed by atoms with van der Waals surface area (Å²) in [5.41, 5.74) is 6.95. The van der Waals surface area contributed by atoms with Crippen LogP contribution in [0.15, 0.2) is 6.33 Å². The second kappa shape index (κ2) is 6.03. The number of rotatable bonds is 4. The zero-order chi connectivity index (χ0) is 13.0. The third kappa shape index (κ3) is 2.92. The molecule has 0 radical (unpaired) electrons. The molecule has 4 nitrogen and oxygen atoms in total. The molecule has 0 aromatic carbocycles. The molecule has 18 heavy (non-hydrogen) atoms. The molecule has 2 unspecified atom stereocenters. The van der Waals surface area contributed by atoms with E-state index in [0.29, 0.717) is 11.9 Å². The maximum atomic E-state index is 5.90. The van der Waals surface area contributed by atoms with E-state index in [9.17, 15) is 0 Å². The van der Waals surface area contributed by atoms with Crippen LogP contribution in [-0.2, 0) is 6.42 Å². The Kier molecular flexibility index (Phi) is 4.39. The van der Waals surface area contributed by atoms with Crippen LogP contribution in [0.4, 0.5) is 11.6 Å². The number of aromatic nitrogens is 2. The fraction of sp³-hybridized carbons (Fsp3) is 0.714. The summed E-state index contributed by atoms with van der Waals surface area (Å²) in [5.74, 6) is 2.41. The molecule has 1 saturated carbocycles. The molecule has 2 rings (SSSR count). The molecule has 0 aliphatic heterocycles. The van der Waals surface area contributed by atoms with Gasteiger partial charge < -0.3 is 11.1 Å². The maximum absolute atomic E-state index is 5.90. The van der Waals surface area contributed by atoms with E-state index < -0.39 is 0 Å². The van der Waals surface area contributed by atoms with Crippen LogP contribution in [0, 0.1) is 5.92 Å². The number of anilines is 2. The molecule has 0 bridgehead atoms. The highest BCUT2D eigenvalue weighted by Crippen LogP contribution is 2.29. The highest BCUT2D eigenvalue weighted by molar-refractivity contribution is 5.55. The smallest absolute Gasteiger partial charge is 0.134 e. The number of nitrogens with zero attached hydrogens (tertiary/aromatic N) is 2.